The van der Waals surface area contributed by atoms with Crippen molar-refractivity contribution in [1.82, 2.24) is 10.2 Å². The van der Waals surface area contributed by atoms with Crippen LogP contribution in [-0.4, -0.2) is 43.5 Å². The molecule has 1 fully saturated rings. The van der Waals surface area contributed by atoms with Gasteiger partial charge in [0.05, 0.1) is 0 Å². The van der Waals surface area contributed by atoms with Gasteiger partial charge in [0.25, 0.3) is 0 Å². The van der Waals surface area contributed by atoms with Gasteiger partial charge in [0.15, 0.2) is 0 Å². The first-order chi connectivity index (χ1) is 10.1. The Labute approximate surface area is 127 Å². The summed E-state index contributed by atoms with van der Waals surface area (Å²) < 4.78 is 0. The third-order valence-corrected chi connectivity index (χ3v) is 4.59. The van der Waals surface area contributed by atoms with Crippen LogP contribution in [0.4, 0.5) is 5.69 Å². The van der Waals surface area contributed by atoms with Crippen LogP contribution >= 0.6 is 0 Å². The Morgan fingerprint density at radius 3 is 2.90 bits per heavy atom. The number of anilines is 1. The Balaban J connectivity index is 1.52. The van der Waals surface area contributed by atoms with Crippen molar-refractivity contribution in [3.05, 3.63) is 29.3 Å². The van der Waals surface area contributed by atoms with Crippen molar-refractivity contribution in [1.29, 1.82) is 0 Å². The van der Waals surface area contributed by atoms with Crippen molar-refractivity contribution in [3.8, 4) is 0 Å². The van der Waals surface area contributed by atoms with Crippen LogP contribution in [0.15, 0.2) is 18.2 Å². The fourth-order valence-electron chi connectivity index (χ4n) is 3.31. The molecule has 1 saturated heterocycles. The lowest BCUT2D eigenvalue weighted by molar-refractivity contribution is -0.127. The minimum absolute atomic E-state index is 0.309. The molecule has 0 aromatic heterocycles. The summed E-state index contributed by atoms with van der Waals surface area (Å²) in [7, 11) is 2.15. The van der Waals surface area contributed by atoms with Crippen molar-refractivity contribution in [2.45, 2.75) is 38.8 Å². The Morgan fingerprint density at radius 2 is 2.14 bits per heavy atom. The van der Waals surface area contributed by atoms with Crippen LogP contribution in [0, 0.1) is 0 Å². The number of amides is 1. The number of hydrogen-bond donors (Lipinski definition) is 1. The second-order valence-corrected chi connectivity index (χ2v) is 6.36. The quantitative estimate of drug-likeness (QED) is 0.896. The van der Waals surface area contributed by atoms with Crippen LogP contribution < -0.4 is 10.2 Å². The topological polar surface area (TPSA) is 35.6 Å². The second-order valence-electron chi connectivity index (χ2n) is 6.36. The van der Waals surface area contributed by atoms with Gasteiger partial charge in [-0.05, 0) is 37.0 Å². The first-order valence-corrected chi connectivity index (χ1v) is 7.97. The van der Waals surface area contributed by atoms with Gasteiger partial charge in [-0.1, -0.05) is 12.1 Å². The van der Waals surface area contributed by atoms with Crippen LogP contribution in [-0.2, 0) is 17.8 Å². The van der Waals surface area contributed by atoms with E-state index in [9.17, 15) is 4.79 Å². The van der Waals surface area contributed by atoms with Crippen LogP contribution in [0.2, 0.25) is 0 Å². The molecule has 1 aromatic carbocycles. The van der Waals surface area contributed by atoms with Gasteiger partial charge in [-0.3, -0.25) is 4.79 Å². The van der Waals surface area contributed by atoms with E-state index in [0.717, 1.165) is 45.4 Å². The molecule has 4 nitrogen and oxygen atoms in total. The van der Waals surface area contributed by atoms with Crippen molar-refractivity contribution < 1.29 is 4.79 Å². The number of nitrogens with one attached hydrogen (secondary N) is 1. The molecular weight excluding hydrogens is 262 g/mol. The smallest absolute Gasteiger partial charge is 0.222 e. The number of rotatable bonds is 5. The van der Waals surface area contributed by atoms with Crippen LogP contribution in [0.5, 0.6) is 0 Å². The first-order valence-electron chi connectivity index (χ1n) is 7.97. The van der Waals surface area contributed by atoms with Gasteiger partial charge < -0.3 is 15.1 Å². The fourth-order valence-corrected chi connectivity index (χ4v) is 3.31. The molecule has 2 aliphatic heterocycles. The van der Waals surface area contributed by atoms with E-state index in [-0.39, 0.29) is 0 Å². The number of likely N-dealkylation sites (tertiary alicyclic amines) is 1. The molecule has 0 radical (unpaired) electrons. The van der Waals surface area contributed by atoms with Crippen LogP contribution in [0.25, 0.3) is 0 Å². The molecule has 1 aromatic rings. The Bertz CT molecular complexity index is 529. The van der Waals surface area contributed by atoms with E-state index >= 15 is 0 Å². The van der Waals surface area contributed by atoms with Gasteiger partial charge in [-0.2, -0.15) is 0 Å². The monoisotopic (exact) mass is 287 g/mol. The van der Waals surface area contributed by atoms with Gasteiger partial charge in [0.2, 0.25) is 5.91 Å². The maximum Gasteiger partial charge on any atom is 0.222 e. The van der Waals surface area contributed by atoms with Crippen molar-refractivity contribution >= 4 is 11.6 Å². The van der Waals surface area contributed by atoms with E-state index < -0.39 is 0 Å². The first kappa shape index (κ1) is 14.4. The molecule has 0 bridgehead atoms. The average Bonchev–Trinajstić information content (AvgIpc) is 3.04. The zero-order chi connectivity index (χ0) is 14.8. The van der Waals surface area contributed by atoms with Crippen molar-refractivity contribution in [2.75, 3.05) is 31.6 Å². The summed E-state index contributed by atoms with van der Waals surface area (Å²) in [6, 6.07) is 7.09. The third kappa shape index (κ3) is 3.21. The number of likely N-dealkylation sites (N-methyl/N-ethyl adjacent to an activating group) is 1. The lowest BCUT2D eigenvalue weighted by atomic mass is 10.1. The molecule has 1 N–H and O–H groups in total. The van der Waals surface area contributed by atoms with E-state index in [1.807, 2.05) is 4.90 Å². The predicted octanol–water partition coefficient (Wildman–Crippen LogP) is 1.78. The maximum absolute atomic E-state index is 11.6. The van der Waals surface area contributed by atoms with Crippen molar-refractivity contribution in [2.24, 2.45) is 0 Å². The summed E-state index contributed by atoms with van der Waals surface area (Å²) in [6.07, 6.45) is 2.90. The van der Waals surface area contributed by atoms with Gasteiger partial charge >= 0.3 is 0 Å². The minimum atomic E-state index is 0.309. The average molecular weight is 287 g/mol. The lowest BCUT2D eigenvalue weighted by Crippen LogP contribution is -2.39. The maximum atomic E-state index is 11.6. The molecule has 114 valence electrons. The second kappa shape index (κ2) is 6.06. The van der Waals surface area contributed by atoms with Gasteiger partial charge in [-0.25, -0.2) is 0 Å². The van der Waals surface area contributed by atoms with Gasteiger partial charge in [0.1, 0.15) is 0 Å². The number of fused-ring (bicyclic) bond motifs is 1. The molecule has 4 heteroatoms. The molecule has 0 spiro atoms. The Morgan fingerprint density at radius 1 is 1.29 bits per heavy atom. The molecule has 1 amide bonds. The predicted molar refractivity (Wildman–Crippen MR) is 85.5 cm³/mol. The molecule has 2 heterocycles. The number of carbonyl (C=O) groups excluding carboxylic acids is 1. The molecule has 0 saturated carbocycles. The summed E-state index contributed by atoms with van der Waals surface area (Å²) in [5.74, 6) is 0.309. The molecule has 1 unspecified atom stereocenters. The summed E-state index contributed by atoms with van der Waals surface area (Å²) >= 11 is 0. The highest BCUT2D eigenvalue weighted by molar-refractivity contribution is 5.78. The van der Waals surface area contributed by atoms with Crippen LogP contribution in [0.1, 0.15) is 30.9 Å². The van der Waals surface area contributed by atoms with Crippen LogP contribution in [0.3, 0.4) is 0 Å². The number of carbonyl (C=O) groups is 1. The Hall–Kier alpha value is -1.55. The molecular formula is C17H25N3O. The normalized spacial score (nSPS) is 19.2. The van der Waals surface area contributed by atoms with E-state index in [1.165, 1.54) is 16.8 Å². The molecule has 1 atom stereocenters. The molecule has 0 aliphatic carbocycles. The number of benzene rings is 1. The van der Waals surface area contributed by atoms with Gasteiger partial charge in [-0.15, -0.1) is 0 Å². The summed E-state index contributed by atoms with van der Waals surface area (Å²) in [6.45, 7) is 5.91. The SMILES string of the molecule is CC(CN1CCCC1=O)NCc1ccc2c(c1)CCN2C. The van der Waals surface area contributed by atoms with Gasteiger partial charge in [0, 0.05) is 51.4 Å². The van der Waals surface area contributed by atoms with E-state index in [4.69, 9.17) is 0 Å². The van der Waals surface area contributed by atoms with E-state index in [0.29, 0.717) is 11.9 Å². The minimum Gasteiger partial charge on any atom is -0.374 e. The highest BCUT2D eigenvalue weighted by Crippen LogP contribution is 2.27. The largest absolute Gasteiger partial charge is 0.374 e. The highest BCUT2D eigenvalue weighted by Gasteiger charge is 2.21. The number of nitrogens with zero attached hydrogens (tertiary/aromatic N) is 2. The zero-order valence-electron chi connectivity index (χ0n) is 13.1. The zero-order valence-corrected chi connectivity index (χ0v) is 13.1. The molecule has 2 aliphatic rings. The highest BCUT2D eigenvalue weighted by atomic mass is 16.2. The van der Waals surface area contributed by atoms with E-state index in [1.54, 1.807) is 0 Å². The lowest BCUT2D eigenvalue weighted by Gasteiger charge is -2.22. The standard InChI is InChI=1S/C17H25N3O/c1-13(12-20-8-3-4-17(20)21)18-11-14-5-6-16-15(10-14)7-9-19(16)2/h5-6,10,13,18H,3-4,7-9,11-12H2,1-2H3. The van der Waals surface area contributed by atoms with E-state index in [2.05, 4.69) is 42.4 Å². The third-order valence-electron chi connectivity index (χ3n) is 4.59. The van der Waals surface area contributed by atoms with Crippen molar-refractivity contribution in [3.63, 3.8) is 0 Å². The molecule has 3 rings (SSSR count). The Kier molecular flexibility index (Phi) is 4.15. The number of hydrogen-bond acceptors (Lipinski definition) is 3. The summed E-state index contributed by atoms with van der Waals surface area (Å²) in [5, 5.41) is 3.54. The molecule has 21 heavy (non-hydrogen) atoms. The summed E-state index contributed by atoms with van der Waals surface area (Å²) in [4.78, 5) is 15.9. The fraction of sp³-hybridized carbons (Fsp3) is 0.588. The summed E-state index contributed by atoms with van der Waals surface area (Å²) in [5.41, 5.74) is 4.16.